The molecule has 4 nitrogen and oxygen atoms in total. The van der Waals surface area contributed by atoms with Gasteiger partial charge >= 0.3 is 0 Å². The molecule has 0 unspecified atom stereocenters. The first-order chi connectivity index (χ1) is 8.79. The molecule has 0 aliphatic rings. The maximum absolute atomic E-state index is 4.31. The van der Waals surface area contributed by atoms with Crippen LogP contribution in [0.25, 0.3) is 0 Å². The number of hydrogen-bond donors (Lipinski definition) is 1. The van der Waals surface area contributed by atoms with E-state index in [9.17, 15) is 0 Å². The van der Waals surface area contributed by atoms with Crippen LogP contribution in [0.5, 0.6) is 0 Å². The Hall–Kier alpha value is -1.68. The van der Waals surface area contributed by atoms with E-state index in [1.165, 1.54) is 16.7 Å². The number of nitrogens with zero attached hydrogens (tertiary/aromatic N) is 3. The molecule has 4 heteroatoms. The molecule has 2 aromatic heterocycles. The van der Waals surface area contributed by atoms with Crippen molar-refractivity contribution in [2.75, 3.05) is 0 Å². The van der Waals surface area contributed by atoms with E-state index in [1.807, 2.05) is 29.3 Å². The molecule has 0 fully saturated rings. The smallest absolute Gasteiger partial charge is 0.0534 e. The average Bonchev–Trinajstić information content (AvgIpc) is 2.80. The highest BCUT2D eigenvalue weighted by atomic mass is 15.3. The minimum atomic E-state index is 0.845. The number of aromatic nitrogens is 3. The van der Waals surface area contributed by atoms with Gasteiger partial charge in [-0.3, -0.25) is 9.67 Å². The van der Waals surface area contributed by atoms with Crippen molar-refractivity contribution in [2.24, 2.45) is 0 Å². The van der Waals surface area contributed by atoms with Gasteiger partial charge in [-0.1, -0.05) is 6.92 Å². The normalized spacial score (nSPS) is 10.8. The summed E-state index contributed by atoms with van der Waals surface area (Å²) in [5, 5.41) is 7.73. The second-order valence-corrected chi connectivity index (χ2v) is 4.52. The van der Waals surface area contributed by atoms with E-state index in [1.54, 1.807) is 0 Å². The number of pyridine rings is 1. The fraction of sp³-hybridized carbons (Fsp3) is 0.429. The van der Waals surface area contributed by atoms with Crippen molar-refractivity contribution in [1.82, 2.24) is 20.1 Å². The molecule has 0 saturated heterocycles. The van der Waals surface area contributed by atoms with Crippen molar-refractivity contribution < 1.29 is 0 Å². The van der Waals surface area contributed by atoms with E-state index < -0.39 is 0 Å². The van der Waals surface area contributed by atoms with Gasteiger partial charge in [-0.05, 0) is 30.5 Å². The first kappa shape index (κ1) is 12.8. The van der Waals surface area contributed by atoms with Crippen LogP contribution in [0.15, 0.2) is 30.9 Å². The van der Waals surface area contributed by atoms with Crippen molar-refractivity contribution in [3.05, 3.63) is 47.5 Å². The topological polar surface area (TPSA) is 42.7 Å². The molecule has 2 rings (SSSR count). The lowest BCUT2D eigenvalue weighted by Gasteiger charge is -2.05. The Labute approximate surface area is 108 Å². The summed E-state index contributed by atoms with van der Waals surface area (Å²) in [6, 6.07) is 2.04. The molecule has 0 radical (unpaired) electrons. The molecule has 0 saturated carbocycles. The van der Waals surface area contributed by atoms with E-state index >= 15 is 0 Å². The predicted octanol–water partition coefficient (Wildman–Crippen LogP) is 2.29. The van der Waals surface area contributed by atoms with Gasteiger partial charge in [0.25, 0.3) is 0 Å². The number of nitrogens with one attached hydrogen (secondary N) is 1. The Morgan fingerprint density at radius 1 is 1.28 bits per heavy atom. The van der Waals surface area contributed by atoms with Crippen molar-refractivity contribution in [3.63, 3.8) is 0 Å². The van der Waals surface area contributed by atoms with Gasteiger partial charge in [-0.2, -0.15) is 5.10 Å². The van der Waals surface area contributed by atoms with Crippen LogP contribution < -0.4 is 5.32 Å². The first-order valence-corrected chi connectivity index (χ1v) is 6.41. The maximum atomic E-state index is 4.31. The third-order valence-corrected chi connectivity index (χ3v) is 2.93. The van der Waals surface area contributed by atoms with Crippen LogP contribution in [-0.2, 0) is 19.6 Å². The molecule has 1 N–H and O–H groups in total. The van der Waals surface area contributed by atoms with E-state index in [0.717, 1.165) is 26.1 Å². The molecule has 0 spiro atoms. The van der Waals surface area contributed by atoms with Gasteiger partial charge in [0.15, 0.2) is 0 Å². The van der Waals surface area contributed by atoms with E-state index in [0.29, 0.717) is 0 Å². The lowest BCUT2D eigenvalue weighted by molar-refractivity contribution is 0.601. The summed E-state index contributed by atoms with van der Waals surface area (Å²) in [4.78, 5) is 4.14. The van der Waals surface area contributed by atoms with Crippen molar-refractivity contribution in [1.29, 1.82) is 0 Å². The van der Waals surface area contributed by atoms with Crippen molar-refractivity contribution in [2.45, 2.75) is 39.9 Å². The van der Waals surface area contributed by atoms with Gasteiger partial charge < -0.3 is 5.32 Å². The lowest BCUT2D eigenvalue weighted by atomic mass is 10.1. The molecule has 0 aliphatic heterocycles. The molecule has 0 atom stereocenters. The quantitative estimate of drug-likeness (QED) is 0.847. The van der Waals surface area contributed by atoms with Crippen LogP contribution in [0.3, 0.4) is 0 Å². The van der Waals surface area contributed by atoms with Gasteiger partial charge in [-0.25, -0.2) is 0 Å². The van der Waals surface area contributed by atoms with Gasteiger partial charge in [-0.15, -0.1) is 0 Å². The first-order valence-electron chi connectivity index (χ1n) is 6.41. The third kappa shape index (κ3) is 3.40. The van der Waals surface area contributed by atoms with Crippen LogP contribution in [0.1, 0.15) is 30.0 Å². The summed E-state index contributed by atoms with van der Waals surface area (Å²) >= 11 is 0. The Balaban J connectivity index is 1.83. The van der Waals surface area contributed by atoms with Gasteiger partial charge in [0.1, 0.15) is 0 Å². The second kappa shape index (κ2) is 6.31. The SMILES string of the molecule is CCCn1cc(CNCc2cnccc2C)cn1. The van der Waals surface area contributed by atoms with Gasteiger partial charge in [0.2, 0.25) is 0 Å². The van der Waals surface area contributed by atoms with E-state index in [2.05, 4.69) is 35.4 Å². The molecular formula is C14H20N4. The maximum Gasteiger partial charge on any atom is 0.0534 e. The van der Waals surface area contributed by atoms with Crippen LogP contribution in [0.4, 0.5) is 0 Å². The average molecular weight is 244 g/mol. The monoisotopic (exact) mass is 244 g/mol. The molecule has 2 heterocycles. The minimum absolute atomic E-state index is 0.845. The van der Waals surface area contributed by atoms with Crippen LogP contribution in [0.2, 0.25) is 0 Å². The summed E-state index contributed by atoms with van der Waals surface area (Å²) in [6.45, 7) is 6.95. The van der Waals surface area contributed by atoms with Gasteiger partial charge in [0, 0.05) is 43.8 Å². The Kier molecular flexibility index (Phi) is 4.47. The molecule has 0 aromatic carbocycles. The molecule has 18 heavy (non-hydrogen) atoms. The summed E-state index contributed by atoms with van der Waals surface area (Å²) in [6.07, 6.45) is 8.89. The van der Waals surface area contributed by atoms with Crippen LogP contribution >= 0.6 is 0 Å². The zero-order valence-corrected chi connectivity index (χ0v) is 11.1. The minimum Gasteiger partial charge on any atom is -0.308 e. The zero-order chi connectivity index (χ0) is 12.8. The summed E-state index contributed by atoms with van der Waals surface area (Å²) < 4.78 is 1.99. The summed E-state index contributed by atoms with van der Waals surface area (Å²) in [7, 11) is 0. The largest absolute Gasteiger partial charge is 0.308 e. The van der Waals surface area contributed by atoms with Gasteiger partial charge in [0.05, 0.1) is 6.20 Å². The molecule has 0 amide bonds. The van der Waals surface area contributed by atoms with Crippen molar-refractivity contribution in [3.8, 4) is 0 Å². The van der Waals surface area contributed by atoms with Crippen LogP contribution in [-0.4, -0.2) is 14.8 Å². The van der Waals surface area contributed by atoms with Crippen LogP contribution in [0, 0.1) is 6.92 Å². The third-order valence-electron chi connectivity index (χ3n) is 2.93. The predicted molar refractivity (Wildman–Crippen MR) is 72.0 cm³/mol. The fourth-order valence-electron chi connectivity index (χ4n) is 1.87. The molecule has 0 aliphatic carbocycles. The Bertz CT molecular complexity index is 490. The fourth-order valence-corrected chi connectivity index (χ4v) is 1.87. The summed E-state index contributed by atoms with van der Waals surface area (Å²) in [5.41, 5.74) is 3.75. The number of aryl methyl sites for hydroxylation is 2. The highest BCUT2D eigenvalue weighted by molar-refractivity contribution is 5.21. The molecule has 96 valence electrons. The van der Waals surface area contributed by atoms with E-state index in [4.69, 9.17) is 0 Å². The van der Waals surface area contributed by atoms with Crippen molar-refractivity contribution >= 4 is 0 Å². The Morgan fingerprint density at radius 2 is 2.17 bits per heavy atom. The Morgan fingerprint density at radius 3 is 2.94 bits per heavy atom. The molecular weight excluding hydrogens is 224 g/mol. The number of hydrogen-bond acceptors (Lipinski definition) is 3. The van der Waals surface area contributed by atoms with E-state index in [-0.39, 0.29) is 0 Å². The zero-order valence-electron chi connectivity index (χ0n) is 11.1. The number of rotatable bonds is 6. The molecule has 0 bridgehead atoms. The molecule has 2 aromatic rings. The highest BCUT2D eigenvalue weighted by Gasteiger charge is 2.00. The standard InChI is InChI=1S/C14H20N4/c1-3-6-18-11-13(8-17-18)7-16-10-14-9-15-5-4-12(14)2/h4-5,8-9,11,16H,3,6-7,10H2,1-2H3. The summed E-state index contributed by atoms with van der Waals surface area (Å²) in [5.74, 6) is 0. The second-order valence-electron chi connectivity index (χ2n) is 4.52. The highest BCUT2D eigenvalue weighted by Crippen LogP contribution is 2.05. The lowest BCUT2D eigenvalue weighted by Crippen LogP contribution is -2.13.